The number of hydrogen-bond donors (Lipinski definition) is 2. The van der Waals surface area contributed by atoms with Crippen LogP contribution in [0.15, 0.2) is 0 Å². The fourth-order valence-electron chi connectivity index (χ4n) is 3.10. The van der Waals surface area contributed by atoms with Crippen LogP contribution in [-0.4, -0.2) is 28.5 Å². The van der Waals surface area contributed by atoms with Gasteiger partial charge in [0.25, 0.3) is 0 Å². The standard InChI is InChI=1S/C15H30N2OS/c1-5-12(4)19-10-8-13-7-6-9-15(13,14(16)18)17-11(2)3/h11-13,17H,5-10H2,1-4H3,(H2,16,18). The number of thioether (sulfide) groups is 1. The largest absolute Gasteiger partial charge is 0.368 e. The van der Waals surface area contributed by atoms with Gasteiger partial charge in [-0.25, -0.2) is 0 Å². The Hall–Kier alpha value is -0.220. The molecule has 0 bridgehead atoms. The molecule has 3 unspecified atom stereocenters. The third-order valence-corrected chi connectivity index (χ3v) is 5.62. The fourth-order valence-corrected chi connectivity index (χ4v) is 4.16. The Kier molecular flexibility index (Phi) is 6.67. The van der Waals surface area contributed by atoms with Crippen molar-refractivity contribution in [3.63, 3.8) is 0 Å². The van der Waals surface area contributed by atoms with Crippen LogP contribution in [0.2, 0.25) is 0 Å². The van der Waals surface area contributed by atoms with Crippen LogP contribution in [0.25, 0.3) is 0 Å². The lowest BCUT2D eigenvalue weighted by Gasteiger charge is -2.35. The second kappa shape index (κ2) is 7.53. The van der Waals surface area contributed by atoms with Gasteiger partial charge in [0.15, 0.2) is 0 Å². The summed E-state index contributed by atoms with van der Waals surface area (Å²) < 4.78 is 0. The van der Waals surface area contributed by atoms with Crippen molar-refractivity contribution in [2.75, 3.05) is 5.75 Å². The minimum absolute atomic E-state index is 0.155. The number of carbonyl (C=O) groups excluding carboxylic acids is 1. The van der Waals surface area contributed by atoms with E-state index in [-0.39, 0.29) is 5.91 Å². The van der Waals surface area contributed by atoms with Crippen molar-refractivity contribution in [2.45, 2.75) is 76.6 Å². The molecule has 112 valence electrons. The van der Waals surface area contributed by atoms with Crippen LogP contribution in [0, 0.1) is 5.92 Å². The molecule has 19 heavy (non-hydrogen) atoms. The molecule has 3 atom stereocenters. The zero-order chi connectivity index (χ0) is 14.5. The molecule has 1 aliphatic carbocycles. The predicted molar refractivity (Wildman–Crippen MR) is 84.4 cm³/mol. The number of hydrogen-bond acceptors (Lipinski definition) is 3. The molecule has 1 amide bonds. The Morgan fingerprint density at radius 3 is 2.68 bits per heavy atom. The summed E-state index contributed by atoms with van der Waals surface area (Å²) in [5.74, 6) is 1.38. The molecule has 3 nitrogen and oxygen atoms in total. The fraction of sp³-hybridized carbons (Fsp3) is 0.933. The van der Waals surface area contributed by atoms with E-state index in [9.17, 15) is 4.79 Å². The van der Waals surface area contributed by atoms with Gasteiger partial charge in [0.05, 0.1) is 0 Å². The summed E-state index contributed by atoms with van der Waals surface area (Å²) in [5, 5.41) is 4.18. The van der Waals surface area contributed by atoms with E-state index < -0.39 is 5.54 Å². The Morgan fingerprint density at radius 1 is 1.47 bits per heavy atom. The third-order valence-electron chi connectivity index (χ3n) is 4.25. The first-order valence-corrected chi connectivity index (χ1v) is 8.66. The SMILES string of the molecule is CCC(C)SCCC1CCCC1(NC(C)C)C(N)=O. The van der Waals surface area contributed by atoms with Gasteiger partial charge in [-0.15, -0.1) is 0 Å². The molecule has 3 N–H and O–H groups in total. The number of rotatable bonds is 8. The van der Waals surface area contributed by atoms with Gasteiger partial charge >= 0.3 is 0 Å². The summed E-state index contributed by atoms with van der Waals surface area (Å²) in [6.07, 6.45) is 5.45. The molecule has 0 saturated heterocycles. The predicted octanol–water partition coefficient (Wildman–Crippen LogP) is 2.93. The monoisotopic (exact) mass is 286 g/mol. The van der Waals surface area contributed by atoms with Crippen molar-refractivity contribution in [2.24, 2.45) is 11.7 Å². The maximum absolute atomic E-state index is 12.0. The van der Waals surface area contributed by atoms with Crippen molar-refractivity contribution >= 4 is 17.7 Å². The minimum atomic E-state index is -0.454. The van der Waals surface area contributed by atoms with Gasteiger partial charge in [-0.05, 0) is 51.2 Å². The van der Waals surface area contributed by atoms with E-state index in [0.29, 0.717) is 17.2 Å². The maximum Gasteiger partial charge on any atom is 0.238 e. The van der Waals surface area contributed by atoms with Crippen LogP contribution in [0.3, 0.4) is 0 Å². The van der Waals surface area contributed by atoms with Gasteiger partial charge in [0.2, 0.25) is 5.91 Å². The lowest BCUT2D eigenvalue weighted by molar-refractivity contribution is -0.126. The molecule has 0 spiro atoms. The van der Waals surface area contributed by atoms with E-state index in [1.165, 1.54) is 6.42 Å². The molecule has 1 aliphatic rings. The van der Waals surface area contributed by atoms with Crippen molar-refractivity contribution < 1.29 is 4.79 Å². The van der Waals surface area contributed by atoms with Gasteiger partial charge in [0, 0.05) is 11.3 Å². The molecular formula is C15H30N2OS. The Balaban J connectivity index is 2.61. The number of nitrogens with two attached hydrogens (primary N) is 1. The molecule has 0 aromatic heterocycles. The van der Waals surface area contributed by atoms with Gasteiger partial charge in [0.1, 0.15) is 5.54 Å². The van der Waals surface area contributed by atoms with Gasteiger partial charge in [-0.2, -0.15) is 11.8 Å². The summed E-state index contributed by atoms with van der Waals surface area (Å²) in [6.45, 7) is 8.68. The second-order valence-corrected chi connectivity index (χ2v) is 7.65. The topological polar surface area (TPSA) is 55.1 Å². The van der Waals surface area contributed by atoms with Gasteiger partial charge < -0.3 is 11.1 Å². The zero-order valence-corrected chi connectivity index (χ0v) is 13.7. The van der Waals surface area contributed by atoms with Crippen LogP contribution in [-0.2, 0) is 4.79 Å². The molecule has 0 heterocycles. The highest BCUT2D eigenvalue weighted by atomic mass is 32.2. The average Bonchev–Trinajstić information content (AvgIpc) is 2.72. The Labute approximate surface area is 122 Å². The Morgan fingerprint density at radius 2 is 2.16 bits per heavy atom. The number of primary amides is 1. The normalized spacial score (nSPS) is 28.8. The molecular weight excluding hydrogens is 256 g/mol. The average molecular weight is 286 g/mol. The Bertz CT molecular complexity index is 296. The third kappa shape index (κ3) is 4.38. The van der Waals surface area contributed by atoms with Crippen LogP contribution in [0.4, 0.5) is 0 Å². The van der Waals surface area contributed by atoms with E-state index in [1.54, 1.807) is 0 Å². The van der Waals surface area contributed by atoms with E-state index in [0.717, 1.165) is 31.4 Å². The molecule has 0 aromatic rings. The summed E-state index contributed by atoms with van der Waals surface area (Å²) in [7, 11) is 0. The van der Waals surface area contributed by atoms with Crippen LogP contribution < -0.4 is 11.1 Å². The van der Waals surface area contributed by atoms with Crippen LogP contribution in [0.5, 0.6) is 0 Å². The quantitative estimate of drug-likeness (QED) is 0.721. The lowest BCUT2D eigenvalue weighted by atomic mass is 9.83. The molecule has 4 heteroatoms. The summed E-state index contributed by atoms with van der Waals surface area (Å²) in [6, 6.07) is 0.301. The first kappa shape index (κ1) is 16.8. The van der Waals surface area contributed by atoms with Crippen LogP contribution >= 0.6 is 11.8 Å². The summed E-state index contributed by atoms with van der Waals surface area (Å²) in [5.41, 5.74) is 5.27. The zero-order valence-electron chi connectivity index (χ0n) is 12.9. The molecule has 0 radical (unpaired) electrons. The van der Waals surface area contributed by atoms with E-state index in [4.69, 9.17) is 5.73 Å². The van der Waals surface area contributed by atoms with Crippen molar-refractivity contribution in [1.29, 1.82) is 0 Å². The number of carbonyl (C=O) groups is 1. The number of amides is 1. The van der Waals surface area contributed by atoms with Gasteiger partial charge in [-0.3, -0.25) is 4.79 Å². The molecule has 0 aliphatic heterocycles. The highest BCUT2D eigenvalue weighted by molar-refractivity contribution is 7.99. The van der Waals surface area contributed by atoms with Crippen LogP contribution in [0.1, 0.15) is 59.8 Å². The van der Waals surface area contributed by atoms with Crippen molar-refractivity contribution in [3.8, 4) is 0 Å². The van der Waals surface area contributed by atoms with E-state index in [1.807, 2.05) is 11.8 Å². The first-order chi connectivity index (χ1) is 8.92. The van der Waals surface area contributed by atoms with E-state index in [2.05, 4.69) is 33.0 Å². The number of nitrogens with one attached hydrogen (secondary N) is 1. The van der Waals surface area contributed by atoms with E-state index >= 15 is 0 Å². The maximum atomic E-state index is 12.0. The highest BCUT2D eigenvalue weighted by Crippen LogP contribution is 2.39. The van der Waals surface area contributed by atoms with Crippen molar-refractivity contribution in [1.82, 2.24) is 5.32 Å². The summed E-state index contributed by atoms with van der Waals surface area (Å²) in [4.78, 5) is 12.0. The summed E-state index contributed by atoms with van der Waals surface area (Å²) >= 11 is 2.01. The highest BCUT2D eigenvalue weighted by Gasteiger charge is 2.47. The second-order valence-electron chi connectivity index (χ2n) is 6.10. The first-order valence-electron chi connectivity index (χ1n) is 7.61. The molecule has 1 fully saturated rings. The van der Waals surface area contributed by atoms with Crippen molar-refractivity contribution in [3.05, 3.63) is 0 Å². The molecule has 1 saturated carbocycles. The smallest absolute Gasteiger partial charge is 0.238 e. The molecule has 0 aromatic carbocycles. The minimum Gasteiger partial charge on any atom is -0.368 e. The molecule has 1 rings (SSSR count). The van der Waals surface area contributed by atoms with Gasteiger partial charge in [-0.1, -0.05) is 20.3 Å². The lowest BCUT2D eigenvalue weighted by Crippen LogP contribution is -2.60.